The van der Waals surface area contributed by atoms with E-state index in [1.54, 1.807) is 26.8 Å². The standard InChI is InChI=1S/C24H22F6N4O3/c1-22(2,3)37-21(36)34-10-8-33(9-11-34)20(35)17-12-15(13-31)18(32-19(17)24(28,29)30)14-4-6-16(7-5-14)23(25,26)27/h4-7,12H,8-11H2,1-3H3. The molecule has 3 rings (SSSR count). The number of carbonyl (C=O) groups excluding carboxylic acids is 2. The highest BCUT2D eigenvalue weighted by Crippen LogP contribution is 2.36. The topological polar surface area (TPSA) is 86.5 Å². The molecular weight excluding hydrogens is 506 g/mol. The zero-order chi connectivity index (χ0) is 27.8. The second kappa shape index (κ2) is 9.91. The highest BCUT2D eigenvalue weighted by Gasteiger charge is 2.40. The van der Waals surface area contributed by atoms with Gasteiger partial charge in [-0.25, -0.2) is 9.78 Å². The summed E-state index contributed by atoms with van der Waals surface area (Å²) in [6.07, 6.45) is -10.4. The first kappa shape index (κ1) is 27.8. The van der Waals surface area contributed by atoms with Crippen molar-refractivity contribution in [1.82, 2.24) is 14.8 Å². The van der Waals surface area contributed by atoms with E-state index in [4.69, 9.17) is 4.74 Å². The van der Waals surface area contributed by atoms with Crippen molar-refractivity contribution in [1.29, 1.82) is 5.26 Å². The van der Waals surface area contributed by atoms with Crippen molar-refractivity contribution in [3.63, 3.8) is 0 Å². The van der Waals surface area contributed by atoms with Gasteiger partial charge in [0.2, 0.25) is 0 Å². The van der Waals surface area contributed by atoms with Crippen LogP contribution >= 0.6 is 0 Å². The molecule has 7 nitrogen and oxygen atoms in total. The van der Waals surface area contributed by atoms with E-state index in [0.717, 1.165) is 23.1 Å². The highest BCUT2D eigenvalue weighted by molar-refractivity contribution is 5.96. The lowest BCUT2D eigenvalue weighted by molar-refractivity contribution is -0.141. The monoisotopic (exact) mass is 528 g/mol. The molecule has 1 fully saturated rings. The van der Waals surface area contributed by atoms with Crippen LogP contribution in [0.3, 0.4) is 0 Å². The minimum absolute atomic E-state index is 0.0180. The molecule has 1 aromatic heterocycles. The van der Waals surface area contributed by atoms with Crippen LogP contribution < -0.4 is 0 Å². The maximum Gasteiger partial charge on any atom is 0.434 e. The minimum atomic E-state index is -5.10. The first-order valence-electron chi connectivity index (χ1n) is 11.0. The van der Waals surface area contributed by atoms with Crippen molar-refractivity contribution in [2.45, 2.75) is 38.7 Å². The predicted molar refractivity (Wildman–Crippen MR) is 118 cm³/mol. The summed E-state index contributed by atoms with van der Waals surface area (Å²) in [4.78, 5) is 31.2. The van der Waals surface area contributed by atoms with Crippen LogP contribution in [0.15, 0.2) is 30.3 Å². The first-order valence-corrected chi connectivity index (χ1v) is 11.0. The molecule has 2 heterocycles. The molecule has 0 radical (unpaired) electrons. The van der Waals surface area contributed by atoms with E-state index in [2.05, 4.69) is 4.98 Å². The number of benzene rings is 1. The molecule has 0 aliphatic carbocycles. The fourth-order valence-corrected chi connectivity index (χ4v) is 3.60. The Morgan fingerprint density at radius 1 is 0.919 bits per heavy atom. The number of ether oxygens (including phenoxy) is 1. The Morgan fingerprint density at radius 3 is 1.92 bits per heavy atom. The number of pyridine rings is 1. The fraction of sp³-hybridized carbons (Fsp3) is 0.417. The van der Waals surface area contributed by atoms with Crippen molar-refractivity contribution in [3.05, 3.63) is 52.7 Å². The Morgan fingerprint density at radius 2 is 1.46 bits per heavy atom. The quantitative estimate of drug-likeness (QED) is 0.491. The zero-order valence-electron chi connectivity index (χ0n) is 20.0. The number of amides is 2. The van der Waals surface area contributed by atoms with Crippen LogP contribution in [0.1, 0.15) is 48.0 Å². The Labute approximate surface area is 208 Å². The summed E-state index contributed by atoms with van der Waals surface area (Å²) in [6, 6.07) is 5.54. The number of nitriles is 1. The molecule has 0 bridgehead atoms. The molecule has 1 saturated heterocycles. The normalized spacial score (nSPS) is 14.8. The van der Waals surface area contributed by atoms with Crippen molar-refractivity contribution < 1.29 is 40.7 Å². The molecule has 198 valence electrons. The smallest absolute Gasteiger partial charge is 0.434 e. The van der Waals surface area contributed by atoms with Crippen LogP contribution in [0.5, 0.6) is 0 Å². The Bertz CT molecular complexity index is 1220. The number of rotatable bonds is 2. The summed E-state index contributed by atoms with van der Waals surface area (Å²) in [6.45, 7) is 4.90. The molecule has 1 aromatic carbocycles. The number of piperazine rings is 1. The lowest BCUT2D eigenvalue weighted by Crippen LogP contribution is -2.51. The van der Waals surface area contributed by atoms with Gasteiger partial charge >= 0.3 is 18.4 Å². The van der Waals surface area contributed by atoms with Crippen molar-refractivity contribution >= 4 is 12.0 Å². The van der Waals surface area contributed by atoms with Crippen LogP contribution in [0.2, 0.25) is 0 Å². The molecule has 2 amide bonds. The number of halogens is 6. The number of hydrogen-bond donors (Lipinski definition) is 0. The Kier molecular flexibility index (Phi) is 7.44. The van der Waals surface area contributed by atoms with Crippen LogP contribution in [-0.2, 0) is 17.1 Å². The summed E-state index contributed by atoms with van der Waals surface area (Å²) >= 11 is 0. The molecule has 0 atom stereocenters. The summed E-state index contributed by atoms with van der Waals surface area (Å²) in [5.41, 5.74) is -5.28. The molecule has 1 aliphatic heterocycles. The third kappa shape index (κ3) is 6.49. The SMILES string of the molecule is CC(C)(C)OC(=O)N1CCN(C(=O)c2cc(C#N)c(-c3ccc(C(F)(F)F)cc3)nc2C(F)(F)F)CC1. The summed E-state index contributed by atoms with van der Waals surface area (Å²) < 4.78 is 85.6. The molecule has 1 aliphatic rings. The molecule has 0 spiro atoms. The van der Waals surface area contributed by atoms with E-state index in [0.29, 0.717) is 12.1 Å². The summed E-state index contributed by atoms with van der Waals surface area (Å²) in [7, 11) is 0. The van der Waals surface area contributed by atoms with E-state index in [9.17, 15) is 41.2 Å². The van der Waals surface area contributed by atoms with Crippen molar-refractivity contribution in [3.8, 4) is 17.3 Å². The van der Waals surface area contributed by atoms with Gasteiger partial charge in [-0.2, -0.15) is 31.6 Å². The number of alkyl halides is 6. The van der Waals surface area contributed by atoms with E-state index in [1.165, 1.54) is 4.90 Å². The van der Waals surface area contributed by atoms with Crippen LogP contribution in [-0.4, -0.2) is 58.6 Å². The van der Waals surface area contributed by atoms with E-state index >= 15 is 0 Å². The molecular formula is C24H22F6N4O3. The second-order valence-electron chi connectivity index (χ2n) is 9.22. The minimum Gasteiger partial charge on any atom is -0.444 e. The summed E-state index contributed by atoms with van der Waals surface area (Å²) in [5, 5.41) is 9.53. The van der Waals surface area contributed by atoms with Crippen LogP contribution in [0.4, 0.5) is 31.1 Å². The van der Waals surface area contributed by atoms with Gasteiger partial charge in [-0.05, 0) is 39.0 Å². The fourth-order valence-electron chi connectivity index (χ4n) is 3.60. The average Bonchev–Trinajstić information content (AvgIpc) is 2.80. The Balaban J connectivity index is 1.92. The largest absolute Gasteiger partial charge is 0.444 e. The van der Waals surface area contributed by atoms with Crippen LogP contribution in [0, 0.1) is 11.3 Å². The number of aromatic nitrogens is 1. The third-order valence-corrected chi connectivity index (χ3v) is 5.35. The van der Waals surface area contributed by atoms with Gasteiger partial charge in [-0.1, -0.05) is 12.1 Å². The molecule has 0 saturated carbocycles. The highest BCUT2D eigenvalue weighted by atomic mass is 19.4. The molecule has 37 heavy (non-hydrogen) atoms. The van der Waals surface area contributed by atoms with E-state index in [-0.39, 0.29) is 31.7 Å². The lowest BCUT2D eigenvalue weighted by Gasteiger charge is -2.35. The third-order valence-electron chi connectivity index (χ3n) is 5.35. The molecule has 0 N–H and O–H groups in total. The van der Waals surface area contributed by atoms with Gasteiger partial charge in [0.25, 0.3) is 5.91 Å². The summed E-state index contributed by atoms with van der Waals surface area (Å²) in [5.74, 6) is -1.04. The second-order valence-corrected chi connectivity index (χ2v) is 9.22. The van der Waals surface area contributed by atoms with Crippen molar-refractivity contribution in [2.24, 2.45) is 0 Å². The zero-order valence-corrected chi connectivity index (χ0v) is 20.0. The van der Waals surface area contributed by atoms with Gasteiger partial charge in [-0.3, -0.25) is 4.79 Å². The lowest BCUT2D eigenvalue weighted by atomic mass is 10.0. The van der Waals surface area contributed by atoms with Gasteiger partial charge in [0.1, 0.15) is 11.7 Å². The maximum absolute atomic E-state index is 13.9. The Hall–Kier alpha value is -3.82. The van der Waals surface area contributed by atoms with Crippen molar-refractivity contribution in [2.75, 3.05) is 26.2 Å². The number of nitrogens with zero attached hydrogens (tertiary/aromatic N) is 4. The molecule has 0 unspecified atom stereocenters. The first-order chi connectivity index (χ1) is 17.0. The number of hydrogen-bond acceptors (Lipinski definition) is 5. The average molecular weight is 528 g/mol. The maximum atomic E-state index is 13.9. The van der Waals surface area contributed by atoms with Crippen LogP contribution in [0.25, 0.3) is 11.3 Å². The van der Waals surface area contributed by atoms with Gasteiger partial charge in [-0.15, -0.1) is 0 Å². The van der Waals surface area contributed by atoms with Gasteiger partial charge < -0.3 is 14.5 Å². The van der Waals surface area contributed by atoms with E-state index < -0.39 is 58.0 Å². The molecule has 2 aromatic rings. The predicted octanol–water partition coefficient (Wildman–Crippen LogP) is 5.35. The number of carbonyl (C=O) groups is 2. The van der Waals surface area contributed by atoms with E-state index in [1.807, 2.05) is 0 Å². The van der Waals surface area contributed by atoms with Gasteiger partial charge in [0.05, 0.1) is 22.4 Å². The molecule has 13 heteroatoms. The van der Waals surface area contributed by atoms with Gasteiger partial charge in [0, 0.05) is 31.7 Å². The van der Waals surface area contributed by atoms with Gasteiger partial charge in [0.15, 0.2) is 5.69 Å².